The summed E-state index contributed by atoms with van der Waals surface area (Å²) in [4.78, 5) is 50.6. The summed E-state index contributed by atoms with van der Waals surface area (Å²) in [6.45, 7) is 1.96. The minimum absolute atomic E-state index is 0.162. The van der Waals surface area contributed by atoms with Crippen LogP contribution in [0.5, 0.6) is 5.75 Å². The summed E-state index contributed by atoms with van der Waals surface area (Å²) in [7, 11) is 0. The van der Waals surface area contributed by atoms with Gasteiger partial charge in [0.2, 0.25) is 11.1 Å². The predicted octanol–water partition coefficient (Wildman–Crippen LogP) is 15.9. The molecule has 0 bridgehead atoms. The zero-order valence-electron chi connectivity index (χ0n) is 44.1. The molecule has 4 heterocycles. The number of halogens is 2. The number of aromatic amines is 3. The van der Waals surface area contributed by atoms with Gasteiger partial charge < -0.3 is 19.1 Å². The second kappa shape index (κ2) is 25.8. The van der Waals surface area contributed by atoms with Crippen molar-refractivity contribution in [3.05, 3.63) is 301 Å². The van der Waals surface area contributed by atoms with Crippen LogP contribution in [-0.4, -0.2) is 24.1 Å². The Kier molecular flexibility index (Phi) is 17.3. The van der Waals surface area contributed by atoms with Crippen molar-refractivity contribution in [2.24, 2.45) is 0 Å². The topological polar surface area (TPSA) is 185 Å². The van der Waals surface area contributed by atoms with Crippen molar-refractivity contribution in [3.8, 4) is 62.4 Å². The fourth-order valence-electron chi connectivity index (χ4n) is 9.41. The monoisotopic (exact) mass is 1140 g/mol. The lowest BCUT2D eigenvalue weighted by atomic mass is 9.98. The summed E-state index contributed by atoms with van der Waals surface area (Å²) in [6, 6.07) is 79.0. The van der Waals surface area contributed by atoms with Crippen molar-refractivity contribution < 1.29 is 8.39 Å². The number of hydrogen-bond acceptors (Lipinski definition) is 8. The van der Waals surface area contributed by atoms with Gasteiger partial charge in [0.1, 0.15) is 17.3 Å². The average molecular weight is 1140 g/mol. The molecule has 0 spiro atoms. The van der Waals surface area contributed by atoms with Gasteiger partial charge in [-0.2, -0.15) is 10.5 Å². The number of nitrogens with one attached hydrogen (secondary N) is 3. The average Bonchev–Trinajstić information content (AvgIpc) is 3.72. The summed E-state index contributed by atoms with van der Waals surface area (Å²) in [5.74, 6) is 0.319. The molecule has 13 aromatic rings. The molecule has 83 heavy (non-hydrogen) atoms. The smallest absolute Gasteiger partial charge is 0.260 e. The lowest BCUT2D eigenvalue weighted by Crippen LogP contribution is -2.13. The van der Waals surface area contributed by atoms with E-state index in [4.69, 9.17) is 27.4 Å². The van der Waals surface area contributed by atoms with Gasteiger partial charge >= 0.3 is 0 Å². The van der Waals surface area contributed by atoms with Crippen LogP contribution >= 0.6 is 23.2 Å². The first-order valence-corrected chi connectivity index (χ1v) is 27.7. The van der Waals surface area contributed by atoms with Gasteiger partial charge in [-0.1, -0.05) is 229 Å². The van der Waals surface area contributed by atoms with Crippen LogP contribution in [0.1, 0.15) is 16.7 Å². The van der Waals surface area contributed by atoms with Gasteiger partial charge in [0.05, 0.1) is 48.8 Å². The molecule has 1 unspecified atom stereocenters. The summed E-state index contributed by atoms with van der Waals surface area (Å²) >= 11 is 10.9. The van der Waals surface area contributed by atoms with Crippen LogP contribution < -0.4 is 20.9 Å². The number of H-pyrrole nitrogens is 3. The Balaban J connectivity index is 0.000000125. The number of rotatable bonds is 7. The molecule has 0 saturated heterocycles. The fraction of sp³-hybridized carbons (Fsp3) is 0.0145. The van der Waals surface area contributed by atoms with Crippen LogP contribution in [0.25, 0.3) is 88.1 Å². The number of nitriles is 2. The van der Waals surface area contributed by atoms with Crippen molar-refractivity contribution in [1.29, 1.82) is 10.5 Å². The highest BCUT2D eigenvalue weighted by Gasteiger charge is 2.20. The van der Waals surface area contributed by atoms with E-state index in [1.165, 1.54) is 0 Å². The molecule has 0 aliphatic heterocycles. The van der Waals surface area contributed by atoms with E-state index in [9.17, 15) is 29.1 Å². The number of pyridine rings is 4. The largest absolute Gasteiger partial charge is 0.395 e. The van der Waals surface area contributed by atoms with E-state index in [-0.39, 0.29) is 16.7 Å². The molecule has 11 nitrogen and oxygen atoms in total. The molecule has 0 radical (unpaired) electrons. The lowest BCUT2D eigenvalue weighted by molar-refractivity contribution is 0.566. The minimum Gasteiger partial charge on any atom is -0.395 e. The molecule has 13 rings (SSSR count). The van der Waals surface area contributed by atoms with E-state index in [2.05, 4.69) is 32.1 Å². The highest BCUT2D eigenvalue weighted by atomic mass is 35.5. The van der Waals surface area contributed by atoms with Crippen molar-refractivity contribution in [3.63, 3.8) is 0 Å². The van der Waals surface area contributed by atoms with Gasteiger partial charge in [-0.05, 0) is 71.6 Å². The predicted molar refractivity (Wildman–Crippen MR) is 335 cm³/mol. The highest BCUT2D eigenvalue weighted by molar-refractivity contribution is 7.80. The first kappa shape index (κ1) is 55.8. The number of fused-ring (bicyclic) bond motifs is 4. The number of aryl methyl sites for hydroxylation is 1. The van der Waals surface area contributed by atoms with Gasteiger partial charge in [0.25, 0.3) is 16.7 Å². The first-order valence-electron chi connectivity index (χ1n) is 25.9. The lowest BCUT2D eigenvalue weighted by Gasteiger charge is -2.13. The SMILES string of the molecule is Cc1ccc(S(=O)Oc2c(-c3ccccc3)c(=O)[nH]c3ccccc23)cc1.N#Cc1c(-c2ccccc2)c(=O)[nH]c2ccccc12.N#Cc1c(-c2ccccc2)c(Cl)nc2ccccc12.O=c1[nH]c2ccccc2c(Cl)c1-c1ccccc1. The second-order valence-corrected chi connectivity index (χ2v) is 20.5. The van der Waals surface area contributed by atoms with E-state index in [0.717, 1.165) is 49.4 Å². The van der Waals surface area contributed by atoms with Gasteiger partial charge in [-0.15, -0.1) is 0 Å². The standard InChI is InChI=1S/C22H17NO3S.C16H9ClN2.C16H10N2O.C15H10ClNO/c1-15-11-13-17(14-12-15)27(25)26-21-18-9-5-6-10-19(18)23-22(24)20(21)16-7-3-2-4-8-16;17-16-15(11-6-2-1-3-7-11)13(10-18)12-8-4-5-9-14(12)19-16;17-10-13-12-8-4-5-9-14(12)18-16(19)15(13)11-6-2-1-3-7-11;16-14-11-8-4-5-9-12(11)17-15(18)13(14)10-6-2-1-3-7-10/h2-14H,1H3,(H,23,24);1-9H;1-9H,(H,18,19);1-9H,(H,17,18). The van der Waals surface area contributed by atoms with E-state index in [0.29, 0.717) is 76.2 Å². The van der Waals surface area contributed by atoms with E-state index >= 15 is 0 Å². The summed E-state index contributed by atoms with van der Waals surface area (Å²) < 4.78 is 18.7. The van der Waals surface area contributed by atoms with Crippen LogP contribution in [0, 0.1) is 29.6 Å². The Hall–Kier alpha value is -10.5. The Bertz CT molecular complexity index is 4800. The first-order chi connectivity index (χ1) is 40.5. The maximum absolute atomic E-state index is 12.8. The fourth-order valence-corrected chi connectivity index (χ4v) is 10.8. The molecule has 402 valence electrons. The molecule has 0 aliphatic carbocycles. The third-order valence-electron chi connectivity index (χ3n) is 13.3. The minimum atomic E-state index is -1.74. The third kappa shape index (κ3) is 12.3. The zero-order valence-corrected chi connectivity index (χ0v) is 46.5. The Morgan fingerprint density at radius 2 is 0.795 bits per heavy atom. The van der Waals surface area contributed by atoms with Crippen molar-refractivity contribution in [2.45, 2.75) is 11.8 Å². The molecule has 9 aromatic carbocycles. The van der Waals surface area contributed by atoms with Crippen LogP contribution in [0.3, 0.4) is 0 Å². The van der Waals surface area contributed by atoms with Gasteiger partial charge in [-0.25, -0.2) is 9.19 Å². The molecule has 0 amide bonds. The molecule has 1 atom stereocenters. The van der Waals surface area contributed by atoms with Crippen molar-refractivity contribution >= 4 is 77.9 Å². The Morgan fingerprint density at radius 1 is 0.422 bits per heavy atom. The number of nitrogens with zero attached hydrogens (tertiary/aromatic N) is 3. The summed E-state index contributed by atoms with van der Waals surface area (Å²) in [5, 5.41) is 22.9. The van der Waals surface area contributed by atoms with Crippen LogP contribution in [0.4, 0.5) is 0 Å². The van der Waals surface area contributed by atoms with Crippen LogP contribution in [0.15, 0.2) is 262 Å². The van der Waals surface area contributed by atoms with Crippen LogP contribution in [0.2, 0.25) is 10.2 Å². The molecule has 0 fully saturated rings. The second-order valence-electron chi connectivity index (χ2n) is 18.6. The van der Waals surface area contributed by atoms with Gasteiger partial charge in [-0.3, -0.25) is 14.4 Å². The van der Waals surface area contributed by atoms with E-state index in [1.807, 2.05) is 225 Å². The summed E-state index contributed by atoms with van der Waals surface area (Å²) in [6.07, 6.45) is 0. The Morgan fingerprint density at radius 3 is 1.33 bits per heavy atom. The molecule has 14 heteroatoms. The number of benzene rings is 9. The normalized spacial score (nSPS) is 11.0. The molecule has 3 N–H and O–H groups in total. The molecular weight excluding hydrogens is 1100 g/mol. The quantitative estimate of drug-likeness (QED) is 0.132. The third-order valence-corrected chi connectivity index (χ3v) is 15.0. The maximum atomic E-state index is 12.8. The summed E-state index contributed by atoms with van der Waals surface area (Å²) in [5.41, 5.74) is 9.42. The molecular formula is C69H46Cl2N6O5S. The molecule has 4 aromatic heterocycles. The highest BCUT2D eigenvalue weighted by Crippen LogP contribution is 2.36. The Labute approximate surface area is 488 Å². The van der Waals surface area contributed by atoms with Crippen LogP contribution in [-0.2, 0) is 11.1 Å². The van der Waals surface area contributed by atoms with E-state index < -0.39 is 11.1 Å². The van der Waals surface area contributed by atoms with Gasteiger partial charge in [0.15, 0.2) is 5.75 Å². The molecule has 0 saturated carbocycles. The number of hydrogen-bond donors (Lipinski definition) is 3. The zero-order chi connectivity index (χ0) is 57.8. The maximum Gasteiger partial charge on any atom is 0.260 e. The van der Waals surface area contributed by atoms with E-state index in [1.54, 1.807) is 24.3 Å². The number of para-hydroxylation sites is 4. The van der Waals surface area contributed by atoms with Crippen molar-refractivity contribution in [1.82, 2.24) is 19.9 Å². The number of aromatic nitrogens is 4. The van der Waals surface area contributed by atoms with Crippen molar-refractivity contribution in [2.75, 3.05) is 0 Å². The molecule has 0 aliphatic rings. The van der Waals surface area contributed by atoms with Gasteiger partial charge in [0, 0.05) is 38.1 Å².